The quantitative estimate of drug-likeness (QED) is 0.782. The Hall–Kier alpha value is -1.69. The van der Waals surface area contributed by atoms with E-state index in [9.17, 15) is 9.59 Å². The minimum Gasteiger partial charge on any atom is -0.476 e. The normalized spacial score (nSPS) is 9.62. The van der Waals surface area contributed by atoms with Crippen molar-refractivity contribution in [1.29, 1.82) is 0 Å². The molecule has 0 saturated carbocycles. The molecule has 86 valence electrons. The second kappa shape index (κ2) is 5.41. The van der Waals surface area contributed by atoms with E-state index >= 15 is 0 Å². The van der Waals surface area contributed by atoms with Gasteiger partial charge in [0, 0.05) is 11.9 Å². The molecule has 5 nitrogen and oxygen atoms in total. The highest BCUT2D eigenvalue weighted by Gasteiger charge is 2.13. The molecule has 0 atom stereocenters. The topological polar surface area (TPSA) is 79.3 Å². The Morgan fingerprint density at radius 2 is 2.25 bits per heavy atom. The summed E-state index contributed by atoms with van der Waals surface area (Å²) in [6.07, 6.45) is 1.86. The van der Waals surface area contributed by atoms with E-state index in [2.05, 4.69) is 10.3 Å². The zero-order valence-corrected chi connectivity index (χ0v) is 9.80. The van der Waals surface area contributed by atoms with Crippen LogP contribution in [0.3, 0.4) is 0 Å². The lowest BCUT2D eigenvalue weighted by molar-refractivity contribution is 0.0691. The van der Waals surface area contributed by atoms with Crippen molar-refractivity contribution in [3.05, 3.63) is 27.7 Å². The van der Waals surface area contributed by atoms with E-state index in [1.807, 2.05) is 19.9 Å². The second-order valence-electron chi connectivity index (χ2n) is 3.33. The first kappa shape index (κ1) is 12.4. The van der Waals surface area contributed by atoms with Crippen LogP contribution in [0.2, 0.25) is 0 Å². The van der Waals surface area contributed by atoms with Crippen LogP contribution in [0.15, 0.2) is 17.0 Å². The fourth-order valence-corrected chi connectivity index (χ4v) is 1.61. The van der Waals surface area contributed by atoms with Crippen LogP contribution in [0.4, 0.5) is 0 Å². The SMILES string of the molecule is CC(C)=CCNC(=O)c1nc(C(=O)O)cs1. The molecule has 0 aromatic carbocycles. The van der Waals surface area contributed by atoms with Gasteiger partial charge < -0.3 is 10.4 Å². The summed E-state index contributed by atoms with van der Waals surface area (Å²) in [7, 11) is 0. The number of aromatic nitrogens is 1. The fraction of sp³-hybridized carbons (Fsp3) is 0.300. The van der Waals surface area contributed by atoms with Gasteiger partial charge in [0.05, 0.1) is 0 Å². The largest absolute Gasteiger partial charge is 0.476 e. The van der Waals surface area contributed by atoms with Gasteiger partial charge in [-0.1, -0.05) is 11.6 Å². The molecule has 0 radical (unpaired) electrons. The molecule has 16 heavy (non-hydrogen) atoms. The molecule has 0 unspecified atom stereocenters. The third-order valence-electron chi connectivity index (χ3n) is 1.69. The molecule has 0 aliphatic heterocycles. The molecule has 1 rings (SSSR count). The van der Waals surface area contributed by atoms with E-state index < -0.39 is 5.97 Å². The molecule has 1 aromatic rings. The molecule has 2 N–H and O–H groups in total. The van der Waals surface area contributed by atoms with Crippen molar-refractivity contribution in [2.45, 2.75) is 13.8 Å². The van der Waals surface area contributed by atoms with Crippen LogP contribution in [0.5, 0.6) is 0 Å². The Balaban J connectivity index is 2.59. The lowest BCUT2D eigenvalue weighted by Crippen LogP contribution is -2.23. The van der Waals surface area contributed by atoms with Gasteiger partial charge >= 0.3 is 5.97 Å². The monoisotopic (exact) mass is 240 g/mol. The summed E-state index contributed by atoms with van der Waals surface area (Å²) >= 11 is 1.02. The van der Waals surface area contributed by atoms with Crippen LogP contribution in [0.25, 0.3) is 0 Å². The summed E-state index contributed by atoms with van der Waals surface area (Å²) in [5.41, 5.74) is 1.00. The van der Waals surface area contributed by atoms with E-state index in [1.54, 1.807) is 0 Å². The Morgan fingerprint density at radius 3 is 2.75 bits per heavy atom. The van der Waals surface area contributed by atoms with Crippen molar-refractivity contribution in [2.75, 3.05) is 6.54 Å². The van der Waals surface area contributed by atoms with Gasteiger partial charge in [-0.3, -0.25) is 4.79 Å². The van der Waals surface area contributed by atoms with Gasteiger partial charge in [-0.25, -0.2) is 9.78 Å². The standard InChI is InChI=1S/C10H12N2O3S/c1-6(2)3-4-11-8(13)9-12-7(5-16-9)10(14)15/h3,5H,4H2,1-2H3,(H,11,13)(H,14,15). The van der Waals surface area contributed by atoms with Gasteiger partial charge in [0.15, 0.2) is 10.7 Å². The number of aromatic carboxylic acids is 1. The molecular weight excluding hydrogens is 228 g/mol. The maximum atomic E-state index is 11.5. The van der Waals surface area contributed by atoms with Crippen molar-refractivity contribution < 1.29 is 14.7 Å². The van der Waals surface area contributed by atoms with Crippen LogP contribution >= 0.6 is 11.3 Å². The molecule has 0 bridgehead atoms. The number of carbonyl (C=O) groups is 2. The number of amides is 1. The molecule has 0 aliphatic carbocycles. The predicted molar refractivity (Wildman–Crippen MR) is 60.8 cm³/mol. The number of nitrogens with zero attached hydrogens (tertiary/aromatic N) is 1. The zero-order valence-electron chi connectivity index (χ0n) is 8.98. The molecule has 1 aromatic heterocycles. The number of thiazole rings is 1. The maximum absolute atomic E-state index is 11.5. The van der Waals surface area contributed by atoms with Crippen LogP contribution in [-0.4, -0.2) is 28.5 Å². The Kier molecular flexibility index (Phi) is 4.19. The minimum atomic E-state index is -1.13. The van der Waals surface area contributed by atoms with Crippen molar-refractivity contribution in [3.8, 4) is 0 Å². The number of carbonyl (C=O) groups excluding carboxylic acids is 1. The van der Waals surface area contributed by atoms with E-state index in [0.717, 1.165) is 16.9 Å². The lowest BCUT2D eigenvalue weighted by atomic mass is 10.3. The molecule has 0 fully saturated rings. The van der Waals surface area contributed by atoms with Gasteiger partial charge in [-0.15, -0.1) is 11.3 Å². The fourth-order valence-electron chi connectivity index (χ4n) is 0.900. The summed E-state index contributed by atoms with van der Waals surface area (Å²) in [4.78, 5) is 25.7. The van der Waals surface area contributed by atoms with E-state index in [0.29, 0.717) is 6.54 Å². The first-order valence-electron chi connectivity index (χ1n) is 4.61. The first-order chi connectivity index (χ1) is 7.50. The highest BCUT2D eigenvalue weighted by Crippen LogP contribution is 2.09. The summed E-state index contributed by atoms with van der Waals surface area (Å²) in [5, 5.41) is 12.8. The van der Waals surface area contributed by atoms with Crippen molar-refractivity contribution in [1.82, 2.24) is 10.3 Å². The van der Waals surface area contributed by atoms with Crippen LogP contribution in [0.1, 0.15) is 34.1 Å². The van der Waals surface area contributed by atoms with Crippen molar-refractivity contribution in [2.24, 2.45) is 0 Å². The number of hydrogen-bond donors (Lipinski definition) is 2. The summed E-state index contributed by atoms with van der Waals surface area (Å²) in [6.45, 7) is 4.28. The van der Waals surface area contributed by atoms with E-state index in [1.165, 1.54) is 5.38 Å². The number of carboxylic acid groups (broad SMARTS) is 1. The Bertz CT molecular complexity index is 433. The van der Waals surface area contributed by atoms with Crippen LogP contribution in [0, 0.1) is 0 Å². The molecule has 0 spiro atoms. The summed E-state index contributed by atoms with van der Waals surface area (Å²) in [6, 6.07) is 0. The van der Waals surface area contributed by atoms with Gasteiger partial charge in [-0.2, -0.15) is 0 Å². The third-order valence-corrected chi connectivity index (χ3v) is 2.53. The first-order valence-corrected chi connectivity index (χ1v) is 5.49. The van der Waals surface area contributed by atoms with E-state index in [4.69, 9.17) is 5.11 Å². The van der Waals surface area contributed by atoms with Crippen molar-refractivity contribution >= 4 is 23.2 Å². The molecular formula is C10H12N2O3S. The molecule has 1 amide bonds. The molecule has 0 aliphatic rings. The van der Waals surface area contributed by atoms with E-state index in [-0.39, 0.29) is 16.6 Å². The number of nitrogens with one attached hydrogen (secondary N) is 1. The molecule has 0 saturated heterocycles. The van der Waals surface area contributed by atoms with Gasteiger partial charge in [0.2, 0.25) is 0 Å². The summed E-state index contributed by atoms with van der Waals surface area (Å²) in [5.74, 6) is -1.48. The highest BCUT2D eigenvalue weighted by molar-refractivity contribution is 7.11. The van der Waals surface area contributed by atoms with Crippen molar-refractivity contribution in [3.63, 3.8) is 0 Å². The Morgan fingerprint density at radius 1 is 1.56 bits per heavy atom. The number of carboxylic acids is 1. The maximum Gasteiger partial charge on any atom is 0.355 e. The lowest BCUT2D eigenvalue weighted by Gasteiger charge is -1.98. The highest BCUT2D eigenvalue weighted by atomic mass is 32.1. The average Bonchev–Trinajstić information content (AvgIpc) is 2.65. The molecule has 6 heteroatoms. The third kappa shape index (κ3) is 3.47. The van der Waals surface area contributed by atoms with Crippen LogP contribution < -0.4 is 5.32 Å². The van der Waals surface area contributed by atoms with Gasteiger partial charge in [-0.05, 0) is 13.8 Å². The van der Waals surface area contributed by atoms with Gasteiger partial charge in [0.1, 0.15) is 0 Å². The summed E-state index contributed by atoms with van der Waals surface area (Å²) < 4.78 is 0. The smallest absolute Gasteiger partial charge is 0.355 e. The number of rotatable bonds is 4. The zero-order chi connectivity index (χ0) is 12.1. The Labute approximate surface area is 96.8 Å². The van der Waals surface area contributed by atoms with Gasteiger partial charge in [0.25, 0.3) is 5.91 Å². The number of hydrogen-bond acceptors (Lipinski definition) is 4. The van der Waals surface area contributed by atoms with Crippen LogP contribution in [-0.2, 0) is 0 Å². The second-order valence-corrected chi connectivity index (χ2v) is 4.19. The number of allylic oxidation sites excluding steroid dienone is 1. The minimum absolute atomic E-state index is 0.0997. The molecule has 1 heterocycles. The average molecular weight is 240 g/mol. The predicted octanol–water partition coefficient (Wildman–Crippen LogP) is 1.54.